The van der Waals surface area contributed by atoms with Crippen LogP contribution in [0.15, 0.2) is 54.6 Å². The third-order valence-corrected chi connectivity index (χ3v) is 6.10. The molecule has 6 heteroatoms. The summed E-state index contributed by atoms with van der Waals surface area (Å²) < 4.78 is 23.2. The number of rotatable bonds is 4. The number of carbonyl (C=O) groups is 1. The number of hydrogen-bond acceptors (Lipinski definition) is 3. The number of sulfone groups is 1. The molecule has 4 nitrogen and oxygen atoms in total. The van der Waals surface area contributed by atoms with Gasteiger partial charge in [0, 0.05) is 16.6 Å². The fourth-order valence-corrected chi connectivity index (χ4v) is 4.60. The van der Waals surface area contributed by atoms with E-state index in [-0.39, 0.29) is 23.5 Å². The number of nitrogens with one attached hydrogen (secondary N) is 1. The molecule has 0 bridgehead atoms. The van der Waals surface area contributed by atoms with E-state index in [0.29, 0.717) is 17.0 Å². The molecule has 25 heavy (non-hydrogen) atoms. The Labute approximate surface area is 152 Å². The zero-order valence-corrected chi connectivity index (χ0v) is 15.1. The maximum Gasteiger partial charge on any atom is 0.252 e. The fourth-order valence-electron chi connectivity index (χ4n) is 2.80. The van der Waals surface area contributed by atoms with Crippen LogP contribution >= 0.6 is 11.6 Å². The van der Waals surface area contributed by atoms with Crippen molar-refractivity contribution in [1.82, 2.24) is 5.32 Å². The third-order valence-electron chi connectivity index (χ3n) is 4.08. The van der Waals surface area contributed by atoms with E-state index in [1.54, 1.807) is 30.3 Å². The van der Waals surface area contributed by atoms with Gasteiger partial charge in [-0.3, -0.25) is 4.79 Å². The van der Waals surface area contributed by atoms with Crippen LogP contribution in [0.3, 0.4) is 0 Å². The molecular weight excluding hydrogens is 358 g/mol. The van der Waals surface area contributed by atoms with Crippen molar-refractivity contribution < 1.29 is 13.2 Å². The van der Waals surface area contributed by atoms with E-state index in [2.05, 4.69) is 5.32 Å². The SMILES string of the molecule is O=C(NC1CCS(=O)(=O)C1)/C(=C/c1ccccc1)c1ccc(Cl)cc1. The predicted octanol–water partition coefficient (Wildman–Crippen LogP) is 3.18. The second-order valence-electron chi connectivity index (χ2n) is 6.05. The Hall–Kier alpha value is -2.11. The minimum absolute atomic E-state index is 0.00201. The number of benzene rings is 2. The Kier molecular flexibility index (Phi) is 5.25. The maximum atomic E-state index is 12.8. The normalized spacial score (nSPS) is 19.6. The molecule has 0 saturated carbocycles. The van der Waals surface area contributed by atoms with Crippen LogP contribution in [0, 0.1) is 0 Å². The van der Waals surface area contributed by atoms with Crippen LogP contribution in [0.5, 0.6) is 0 Å². The molecule has 1 aliphatic heterocycles. The van der Waals surface area contributed by atoms with Gasteiger partial charge >= 0.3 is 0 Å². The predicted molar refractivity (Wildman–Crippen MR) is 101 cm³/mol. The zero-order valence-electron chi connectivity index (χ0n) is 13.5. The topological polar surface area (TPSA) is 63.2 Å². The molecular formula is C19H18ClNO3S. The van der Waals surface area contributed by atoms with Gasteiger partial charge in [-0.2, -0.15) is 0 Å². The molecule has 1 unspecified atom stereocenters. The van der Waals surface area contributed by atoms with Crippen LogP contribution < -0.4 is 5.32 Å². The van der Waals surface area contributed by atoms with Gasteiger partial charge in [-0.25, -0.2) is 8.42 Å². The van der Waals surface area contributed by atoms with Crippen LogP contribution in [0.25, 0.3) is 11.6 Å². The molecule has 1 heterocycles. The molecule has 1 atom stereocenters. The van der Waals surface area contributed by atoms with E-state index in [1.165, 1.54) is 0 Å². The van der Waals surface area contributed by atoms with E-state index in [1.807, 2.05) is 30.3 Å². The summed E-state index contributed by atoms with van der Waals surface area (Å²) in [5.41, 5.74) is 2.10. The highest BCUT2D eigenvalue weighted by Gasteiger charge is 2.29. The highest BCUT2D eigenvalue weighted by molar-refractivity contribution is 7.91. The highest BCUT2D eigenvalue weighted by Crippen LogP contribution is 2.22. The summed E-state index contributed by atoms with van der Waals surface area (Å²) in [6.07, 6.45) is 2.25. The Balaban J connectivity index is 1.89. The Bertz CT molecular complexity index is 890. The summed E-state index contributed by atoms with van der Waals surface area (Å²) in [5.74, 6) is -0.164. The van der Waals surface area contributed by atoms with Crippen molar-refractivity contribution in [3.8, 4) is 0 Å². The highest BCUT2D eigenvalue weighted by atomic mass is 35.5. The molecule has 0 radical (unpaired) electrons. The fraction of sp³-hybridized carbons (Fsp3) is 0.211. The van der Waals surface area contributed by atoms with E-state index in [0.717, 1.165) is 11.1 Å². The first-order valence-corrected chi connectivity index (χ1v) is 10.2. The standard InChI is InChI=1S/C19H18ClNO3S/c20-16-8-6-15(7-9-16)18(12-14-4-2-1-3-5-14)19(22)21-17-10-11-25(23,24)13-17/h1-9,12,17H,10-11,13H2,(H,21,22)/b18-12+. The molecule has 1 aliphatic rings. The lowest BCUT2D eigenvalue weighted by Gasteiger charge is -2.14. The van der Waals surface area contributed by atoms with Gasteiger partial charge in [0.25, 0.3) is 5.91 Å². The lowest BCUT2D eigenvalue weighted by molar-refractivity contribution is -0.116. The second-order valence-corrected chi connectivity index (χ2v) is 8.71. The van der Waals surface area contributed by atoms with Crippen LogP contribution in [0.4, 0.5) is 0 Å². The van der Waals surface area contributed by atoms with Gasteiger partial charge in [-0.1, -0.05) is 54.1 Å². The van der Waals surface area contributed by atoms with Crippen molar-refractivity contribution in [3.05, 3.63) is 70.7 Å². The van der Waals surface area contributed by atoms with E-state index < -0.39 is 9.84 Å². The number of carbonyl (C=O) groups excluding carboxylic acids is 1. The van der Waals surface area contributed by atoms with Crippen LogP contribution in [0.1, 0.15) is 17.5 Å². The zero-order chi connectivity index (χ0) is 17.9. The quantitative estimate of drug-likeness (QED) is 0.659. The van der Waals surface area contributed by atoms with E-state index in [9.17, 15) is 13.2 Å². The lowest BCUT2D eigenvalue weighted by atomic mass is 10.0. The minimum atomic E-state index is -3.05. The molecule has 0 spiro atoms. The van der Waals surface area contributed by atoms with Crippen molar-refractivity contribution in [2.24, 2.45) is 0 Å². The van der Waals surface area contributed by atoms with Crippen molar-refractivity contribution in [1.29, 1.82) is 0 Å². The average molecular weight is 376 g/mol. The Morgan fingerprint density at radius 1 is 1.08 bits per heavy atom. The van der Waals surface area contributed by atoms with E-state index in [4.69, 9.17) is 11.6 Å². The van der Waals surface area contributed by atoms with Gasteiger partial charge in [-0.05, 0) is 35.8 Å². The average Bonchev–Trinajstić information content (AvgIpc) is 2.93. The first kappa shape index (κ1) is 17.7. The molecule has 130 valence electrons. The van der Waals surface area contributed by atoms with Crippen LogP contribution in [-0.2, 0) is 14.6 Å². The molecule has 1 saturated heterocycles. The van der Waals surface area contributed by atoms with Crippen molar-refractivity contribution in [2.75, 3.05) is 11.5 Å². The van der Waals surface area contributed by atoms with Crippen LogP contribution in [0.2, 0.25) is 5.02 Å². The monoisotopic (exact) mass is 375 g/mol. The Morgan fingerprint density at radius 3 is 2.36 bits per heavy atom. The summed E-state index contributed by atoms with van der Waals surface area (Å²) in [6.45, 7) is 0. The minimum Gasteiger partial charge on any atom is -0.348 e. The smallest absolute Gasteiger partial charge is 0.252 e. The summed E-state index contributed by atoms with van der Waals surface area (Å²) in [5, 5.41) is 3.44. The van der Waals surface area contributed by atoms with Crippen molar-refractivity contribution >= 4 is 39.0 Å². The van der Waals surface area contributed by atoms with E-state index >= 15 is 0 Å². The summed E-state index contributed by atoms with van der Waals surface area (Å²) in [4.78, 5) is 12.8. The second kappa shape index (κ2) is 7.42. The van der Waals surface area contributed by atoms with Gasteiger partial charge in [-0.15, -0.1) is 0 Å². The maximum absolute atomic E-state index is 12.8. The molecule has 2 aromatic carbocycles. The first-order valence-electron chi connectivity index (χ1n) is 7.97. The van der Waals surface area contributed by atoms with Crippen LogP contribution in [-0.4, -0.2) is 31.9 Å². The molecule has 0 aromatic heterocycles. The van der Waals surface area contributed by atoms with Gasteiger partial charge in [0.1, 0.15) is 0 Å². The number of halogens is 1. The number of hydrogen-bond donors (Lipinski definition) is 1. The van der Waals surface area contributed by atoms with Gasteiger partial charge in [0.05, 0.1) is 11.5 Å². The summed E-state index contributed by atoms with van der Waals surface area (Å²) in [6, 6.07) is 16.2. The molecule has 1 amide bonds. The molecule has 1 fully saturated rings. The molecule has 3 rings (SSSR count). The molecule has 0 aliphatic carbocycles. The lowest BCUT2D eigenvalue weighted by Crippen LogP contribution is -2.36. The number of amides is 1. The van der Waals surface area contributed by atoms with Crippen molar-refractivity contribution in [2.45, 2.75) is 12.5 Å². The largest absolute Gasteiger partial charge is 0.348 e. The molecule has 1 N–H and O–H groups in total. The first-order chi connectivity index (χ1) is 11.9. The summed E-state index contributed by atoms with van der Waals surface area (Å²) in [7, 11) is -3.05. The summed E-state index contributed by atoms with van der Waals surface area (Å²) >= 11 is 5.94. The van der Waals surface area contributed by atoms with Gasteiger partial charge in [0.2, 0.25) is 0 Å². The van der Waals surface area contributed by atoms with Crippen molar-refractivity contribution in [3.63, 3.8) is 0 Å². The van der Waals surface area contributed by atoms with Gasteiger partial charge in [0.15, 0.2) is 9.84 Å². The third kappa shape index (κ3) is 4.71. The molecule has 2 aromatic rings. The van der Waals surface area contributed by atoms with Gasteiger partial charge < -0.3 is 5.32 Å². The Morgan fingerprint density at radius 2 is 1.76 bits per heavy atom.